The fourth-order valence-corrected chi connectivity index (χ4v) is 9.24. The van der Waals surface area contributed by atoms with Crippen LogP contribution in [0.15, 0.2) is 97.1 Å². The van der Waals surface area contributed by atoms with Gasteiger partial charge in [-0.1, -0.05) is 111 Å². The number of allylic oxidation sites excluding steroid dienone is 4. The molecule has 0 aromatic heterocycles. The number of benzene rings is 4. The number of rotatable bonds is 5. The van der Waals surface area contributed by atoms with Crippen molar-refractivity contribution in [2.24, 2.45) is 0 Å². The average Bonchev–Trinajstić information content (AvgIpc) is 3.84. The van der Waals surface area contributed by atoms with Crippen LogP contribution in [0.4, 0.5) is 0 Å². The number of hydrogen-bond donors (Lipinski definition) is 0. The molecular formula is C51H54Cl4Zr-2. The van der Waals surface area contributed by atoms with Gasteiger partial charge in [-0.15, -0.1) is 11.6 Å². The summed E-state index contributed by atoms with van der Waals surface area (Å²) in [4.78, 5) is 0. The second-order valence-corrected chi connectivity index (χ2v) is 19.6. The Labute approximate surface area is 374 Å². The van der Waals surface area contributed by atoms with Crippen molar-refractivity contribution in [2.45, 2.75) is 111 Å². The van der Waals surface area contributed by atoms with E-state index in [1.807, 2.05) is 48.5 Å². The topological polar surface area (TPSA) is 0 Å². The zero-order valence-corrected chi connectivity index (χ0v) is 40.1. The van der Waals surface area contributed by atoms with Crippen LogP contribution in [0.5, 0.6) is 0 Å². The first-order chi connectivity index (χ1) is 25.4. The molecule has 5 aromatic rings. The van der Waals surface area contributed by atoms with Crippen molar-refractivity contribution in [2.75, 3.05) is 0 Å². The Hall–Kier alpha value is -2.38. The third kappa shape index (κ3) is 10.1. The maximum atomic E-state index is 5.86. The molecule has 0 radical (unpaired) electrons. The Balaban J connectivity index is 0.000000196. The van der Waals surface area contributed by atoms with Crippen molar-refractivity contribution in [1.29, 1.82) is 0 Å². The van der Waals surface area contributed by atoms with Crippen LogP contribution in [0.2, 0.25) is 10.0 Å². The molecule has 0 nitrogen and oxygen atoms in total. The van der Waals surface area contributed by atoms with Gasteiger partial charge in [0.25, 0.3) is 0 Å². The molecule has 0 N–H and O–H groups in total. The van der Waals surface area contributed by atoms with Gasteiger partial charge in [0, 0.05) is 5.41 Å². The second-order valence-electron chi connectivity index (χ2n) is 17.5. The largest absolute Gasteiger partial charge is 1.00 e. The van der Waals surface area contributed by atoms with Gasteiger partial charge >= 0.3 is 120 Å². The van der Waals surface area contributed by atoms with Crippen LogP contribution in [-0.4, -0.2) is 3.21 Å². The molecule has 0 saturated heterocycles. The fraction of sp³-hybridized carbons (Fsp3) is 0.333. The van der Waals surface area contributed by atoms with Crippen LogP contribution in [0.25, 0.3) is 22.3 Å². The maximum absolute atomic E-state index is 5.86. The number of halogens is 4. The van der Waals surface area contributed by atoms with E-state index in [0.29, 0.717) is 5.41 Å². The van der Waals surface area contributed by atoms with Gasteiger partial charge in [0.15, 0.2) is 0 Å². The summed E-state index contributed by atoms with van der Waals surface area (Å²) in [7, 11) is 0. The zero-order valence-electron chi connectivity index (χ0n) is 34.6. The zero-order chi connectivity index (χ0) is 39.2. The van der Waals surface area contributed by atoms with Gasteiger partial charge in [0.05, 0.1) is 0 Å². The predicted molar refractivity (Wildman–Crippen MR) is 232 cm³/mol. The Morgan fingerprint density at radius 2 is 1.27 bits per heavy atom. The predicted octanol–water partition coefficient (Wildman–Crippen LogP) is 8.61. The quantitative estimate of drug-likeness (QED) is 0.152. The molecule has 292 valence electrons. The van der Waals surface area contributed by atoms with E-state index in [0.717, 1.165) is 16.5 Å². The fourth-order valence-electron chi connectivity index (χ4n) is 8.17. The molecule has 0 saturated carbocycles. The monoisotopic (exact) mass is 896 g/mol. The molecule has 56 heavy (non-hydrogen) atoms. The van der Waals surface area contributed by atoms with Crippen molar-refractivity contribution in [3.63, 3.8) is 0 Å². The number of fused-ring (bicyclic) bond motifs is 5. The van der Waals surface area contributed by atoms with Crippen molar-refractivity contribution >= 4 is 37.6 Å². The third-order valence-electron chi connectivity index (χ3n) is 11.2. The van der Waals surface area contributed by atoms with Gasteiger partial charge in [0.2, 0.25) is 0 Å². The first-order valence-electron chi connectivity index (χ1n) is 19.4. The van der Waals surface area contributed by atoms with Crippen LogP contribution in [0, 0.1) is 6.08 Å². The summed E-state index contributed by atoms with van der Waals surface area (Å²) in [6, 6.07) is 32.5. The molecule has 0 atom stereocenters. The van der Waals surface area contributed by atoms with Crippen molar-refractivity contribution in [3.8, 4) is 11.1 Å². The van der Waals surface area contributed by atoms with Crippen LogP contribution in [-0.2, 0) is 53.3 Å². The van der Waals surface area contributed by atoms with Crippen molar-refractivity contribution in [1.82, 2.24) is 0 Å². The van der Waals surface area contributed by atoms with E-state index in [1.54, 1.807) is 0 Å². The van der Waals surface area contributed by atoms with Crippen LogP contribution < -0.4 is 24.8 Å². The second kappa shape index (κ2) is 18.3. The van der Waals surface area contributed by atoms with E-state index in [-0.39, 0.29) is 35.6 Å². The molecular weight excluding hydrogens is 846 g/mol. The molecule has 0 unspecified atom stereocenters. The average molecular weight is 900 g/mol. The van der Waals surface area contributed by atoms with Crippen molar-refractivity contribution < 1.29 is 49.0 Å². The van der Waals surface area contributed by atoms with Crippen LogP contribution in [0.1, 0.15) is 138 Å². The Morgan fingerprint density at radius 1 is 0.750 bits per heavy atom. The van der Waals surface area contributed by atoms with E-state index in [2.05, 4.69) is 124 Å². The molecule has 3 aliphatic carbocycles. The van der Waals surface area contributed by atoms with E-state index < -0.39 is 0 Å². The Bertz CT molecular complexity index is 2120. The Kier molecular flexibility index (Phi) is 15.1. The molecule has 0 bridgehead atoms. The SMILES string of the molecule is CC1=[C-]C(C)(C)c2cc3c(cc21)-c1cc2c(cc1C3)C(C)(C)C=C2C.CCCCc1cc(C(C)(C)C)c[cH-]1.Clc1ccc([C](=[Zr+2])c2ccc(Cl)cc2)cc1.[Cl-].[Cl-]. The molecule has 0 aliphatic heterocycles. The Morgan fingerprint density at radius 3 is 1.77 bits per heavy atom. The summed E-state index contributed by atoms with van der Waals surface area (Å²) in [6.45, 7) is 22.7. The van der Waals surface area contributed by atoms with E-state index >= 15 is 0 Å². The normalized spacial score (nSPS) is 14.9. The molecule has 0 spiro atoms. The summed E-state index contributed by atoms with van der Waals surface area (Å²) in [5.41, 5.74) is 20.3. The summed E-state index contributed by atoms with van der Waals surface area (Å²) < 4.78 is 1.31. The van der Waals surface area contributed by atoms with Gasteiger partial charge in [-0.2, -0.15) is 28.8 Å². The minimum Gasteiger partial charge on any atom is -1.00 e. The van der Waals surface area contributed by atoms with E-state index in [1.165, 1.54) is 125 Å². The number of aryl methyl sites for hydroxylation is 1. The van der Waals surface area contributed by atoms with E-state index in [4.69, 9.17) is 23.2 Å². The van der Waals surface area contributed by atoms with Gasteiger partial charge in [-0.25, -0.2) is 11.6 Å². The standard InChI is InChI=1S/C25H25.C13H8Cl2.C13H21.2ClH.Zr/c1-14-12-24(3,4)22-8-16-7-17-9-23-19(15(2)13-25(23,5)6)11-21(17)20(16)10-18(14)22;14-12-5-1-10(2-6-12)9-11-3-7-13(15)8-4-11;1-5-6-7-11-8-9-12(10-11)13(2,3)4;;;/h8-12H,7H2,1-6H3;1-8H;8-10H,5-7H2,1-4H3;2*1H;/q-1;;-1;;;+2/p-2. The first kappa shape index (κ1) is 46.3. The van der Waals surface area contributed by atoms with Gasteiger partial charge < -0.3 is 24.8 Å². The minimum atomic E-state index is 0. The molecule has 5 aromatic carbocycles. The van der Waals surface area contributed by atoms with Gasteiger partial charge in [0.1, 0.15) is 0 Å². The number of unbranched alkanes of at least 4 members (excludes halogenated alkanes) is 1. The molecule has 5 heteroatoms. The maximum Gasteiger partial charge on any atom is -1.00 e. The first-order valence-corrected chi connectivity index (χ1v) is 21.4. The molecule has 0 amide bonds. The molecule has 3 aliphatic rings. The summed E-state index contributed by atoms with van der Waals surface area (Å²) in [5, 5.41) is 1.53. The molecule has 0 fully saturated rings. The summed E-state index contributed by atoms with van der Waals surface area (Å²) in [5.74, 6) is 0. The molecule has 0 heterocycles. The summed E-state index contributed by atoms with van der Waals surface area (Å²) >= 11 is 13.1. The van der Waals surface area contributed by atoms with Gasteiger partial charge in [-0.05, 0) is 58.4 Å². The van der Waals surface area contributed by atoms with Gasteiger partial charge in [-0.3, -0.25) is 6.08 Å². The summed E-state index contributed by atoms with van der Waals surface area (Å²) in [6.07, 6.45) is 11.0. The van der Waals surface area contributed by atoms with Crippen LogP contribution in [0.3, 0.4) is 0 Å². The van der Waals surface area contributed by atoms with Crippen LogP contribution >= 0.6 is 23.2 Å². The molecule has 8 rings (SSSR count). The van der Waals surface area contributed by atoms with E-state index in [9.17, 15) is 0 Å². The number of hydrogen-bond acceptors (Lipinski definition) is 0. The smallest absolute Gasteiger partial charge is 1.00 e. The third-order valence-corrected chi connectivity index (χ3v) is 13.1. The minimum absolute atomic E-state index is 0. The van der Waals surface area contributed by atoms with Crippen molar-refractivity contribution in [3.05, 3.63) is 169 Å².